The molecule has 0 N–H and O–H groups in total. The standard InChI is InChI=1S/C14H15N.2C2H6/c1-4-11-10-12-8-6-7-9-14(12)15(3)13(11)5-2;2*1-2/h4-9H,1-2,10H2,3H3;2*1-2H3. The Kier molecular flexibility index (Phi) is 8.35. The van der Waals surface area contributed by atoms with E-state index in [2.05, 4.69) is 49.4 Å². The van der Waals surface area contributed by atoms with E-state index in [1.165, 1.54) is 16.8 Å². The Morgan fingerprint density at radius 2 is 1.58 bits per heavy atom. The van der Waals surface area contributed by atoms with Gasteiger partial charge in [-0.3, -0.25) is 0 Å². The van der Waals surface area contributed by atoms with Crippen molar-refractivity contribution in [3.05, 3.63) is 66.4 Å². The van der Waals surface area contributed by atoms with Crippen LogP contribution in [0.1, 0.15) is 33.3 Å². The van der Waals surface area contributed by atoms with E-state index >= 15 is 0 Å². The van der Waals surface area contributed by atoms with E-state index in [9.17, 15) is 0 Å². The fourth-order valence-electron chi connectivity index (χ4n) is 2.07. The molecule has 104 valence electrons. The molecule has 0 amide bonds. The Labute approximate surface area is 119 Å². The molecular formula is C18H27N. The molecule has 2 rings (SSSR count). The Morgan fingerprint density at radius 3 is 2.11 bits per heavy atom. The van der Waals surface area contributed by atoms with Crippen molar-refractivity contribution in [2.75, 3.05) is 11.9 Å². The lowest BCUT2D eigenvalue weighted by Gasteiger charge is -2.30. The average Bonchev–Trinajstić information content (AvgIpc) is 2.51. The van der Waals surface area contributed by atoms with Gasteiger partial charge in [-0.05, 0) is 23.3 Å². The summed E-state index contributed by atoms with van der Waals surface area (Å²) in [6, 6.07) is 8.44. The maximum Gasteiger partial charge on any atom is 0.0444 e. The molecule has 0 unspecified atom stereocenters. The van der Waals surface area contributed by atoms with Crippen molar-refractivity contribution in [2.24, 2.45) is 0 Å². The molecule has 1 aliphatic rings. The SMILES string of the molecule is C=CC1=C(C=C)N(C)c2ccccc2C1.CC.CC. The predicted octanol–water partition coefficient (Wildman–Crippen LogP) is 5.36. The van der Waals surface area contributed by atoms with Gasteiger partial charge in [0.05, 0.1) is 0 Å². The van der Waals surface area contributed by atoms with Crippen LogP contribution in [0.4, 0.5) is 5.69 Å². The van der Waals surface area contributed by atoms with Crippen LogP contribution in [-0.2, 0) is 6.42 Å². The van der Waals surface area contributed by atoms with E-state index in [-0.39, 0.29) is 0 Å². The maximum atomic E-state index is 3.86. The zero-order valence-corrected chi connectivity index (χ0v) is 13.0. The first-order valence-corrected chi connectivity index (χ1v) is 7.07. The van der Waals surface area contributed by atoms with Gasteiger partial charge in [-0.15, -0.1) is 0 Å². The number of nitrogens with zero attached hydrogens (tertiary/aromatic N) is 1. The summed E-state index contributed by atoms with van der Waals surface area (Å²) in [6.45, 7) is 15.7. The molecule has 1 aromatic rings. The summed E-state index contributed by atoms with van der Waals surface area (Å²) in [5.41, 5.74) is 5.01. The van der Waals surface area contributed by atoms with Gasteiger partial charge in [0.25, 0.3) is 0 Å². The molecule has 1 aliphatic heterocycles. The summed E-state index contributed by atoms with van der Waals surface area (Å²) < 4.78 is 0. The van der Waals surface area contributed by atoms with E-state index in [0.717, 1.165) is 12.1 Å². The number of benzene rings is 1. The first-order chi connectivity index (χ1) is 9.27. The highest BCUT2D eigenvalue weighted by molar-refractivity contribution is 5.65. The van der Waals surface area contributed by atoms with Gasteiger partial charge in [-0.2, -0.15) is 0 Å². The van der Waals surface area contributed by atoms with E-state index in [1.54, 1.807) is 0 Å². The minimum Gasteiger partial charge on any atom is -0.344 e. The highest BCUT2D eigenvalue weighted by Gasteiger charge is 2.18. The molecule has 19 heavy (non-hydrogen) atoms. The van der Waals surface area contributed by atoms with E-state index < -0.39 is 0 Å². The number of hydrogen-bond donors (Lipinski definition) is 0. The first-order valence-electron chi connectivity index (χ1n) is 7.07. The van der Waals surface area contributed by atoms with E-state index in [1.807, 2.05) is 39.8 Å². The Hall–Kier alpha value is -1.76. The van der Waals surface area contributed by atoms with Gasteiger partial charge in [-0.1, -0.05) is 65.1 Å². The lowest BCUT2D eigenvalue weighted by Crippen LogP contribution is -2.22. The monoisotopic (exact) mass is 257 g/mol. The van der Waals surface area contributed by atoms with Gasteiger partial charge in [-0.25, -0.2) is 0 Å². The third kappa shape index (κ3) is 3.85. The molecule has 0 saturated heterocycles. The summed E-state index contributed by atoms with van der Waals surface area (Å²) in [7, 11) is 2.07. The van der Waals surface area contributed by atoms with Crippen LogP contribution in [-0.4, -0.2) is 7.05 Å². The second kappa shape index (κ2) is 9.21. The molecule has 0 radical (unpaired) electrons. The summed E-state index contributed by atoms with van der Waals surface area (Å²) in [5, 5.41) is 0. The second-order valence-electron chi connectivity index (χ2n) is 3.68. The summed E-state index contributed by atoms with van der Waals surface area (Å²) >= 11 is 0. The van der Waals surface area contributed by atoms with Crippen LogP contribution >= 0.6 is 0 Å². The second-order valence-corrected chi connectivity index (χ2v) is 3.68. The van der Waals surface area contributed by atoms with Crippen molar-refractivity contribution in [3.8, 4) is 0 Å². The van der Waals surface area contributed by atoms with Gasteiger partial charge in [0, 0.05) is 24.9 Å². The highest BCUT2D eigenvalue weighted by Crippen LogP contribution is 2.32. The zero-order valence-electron chi connectivity index (χ0n) is 13.0. The lowest BCUT2D eigenvalue weighted by molar-refractivity contribution is 1.01. The fraction of sp³-hybridized carbons (Fsp3) is 0.333. The summed E-state index contributed by atoms with van der Waals surface area (Å²) in [4.78, 5) is 2.17. The topological polar surface area (TPSA) is 3.24 Å². The van der Waals surface area contributed by atoms with Crippen LogP contribution in [0.2, 0.25) is 0 Å². The summed E-state index contributed by atoms with van der Waals surface area (Å²) in [5.74, 6) is 0. The van der Waals surface area contributed by atoms with Crippen molar-refractivity contribution < 1.29 is 0 Å². The number of para-hydroxylation sites is 1. The normalized spacial score (nSPS) is 12.4. The molecule has 1 nitrogen and oxygen atoms in total. The first kappa shape index (κ1) is 17.2. The minimum absolute atomic E-state index is 0.950. The minimum atomic E-state index is 0.950. The highest BCUT2D eigenvalue weighted by atomic mass is 15.1. The van der Waals surface area contributed by atoms with Crippen molar-refractivity contribution in [1.82, 2.24) is 0 Å². The van der Waals surface area contributed by atoms with Gasteiger partial charge >= 0.3 is 0 Å². The largest absolute Gasteiger partial charge is 0.344 e. The van der Waals surface area contributed by atoms with Gasteiger partial charge in [0.1, 0.15) is 0 Å². The van der Waals surface area contributed by atoms with Crippen LogP contribution in [0, 0.1) is 0 Å². The molecule has 0 saturated carbocycles. The Morgan fingerprint density at radius 1 is 1.00 bits per heavy atom. The number of likely N-dealkylation sites (N-methyl/N-ethyl adjacent to an activating group) is 1. The van der Waals surface area contributed by atoms with Gasteiger partial charge < -0.3 is 4.90 Å². The molecular weight excluding hydrogens is 230 g/mol. The molecule has 0 bridgehead atoms. The van der Waals surface area contributed by atoms with Gasteiger partial charge in [0.15, 0.2) is 0 Å². The van der Waals surface area contributed by atoms with Gasteiger partial charge in [0.2, 0.25) is 0 Å². The molecule has 1 heteroatoms. The predicted molar refractivity (Wildman–Crippen MR) is 88.7 cm³/mol. The average molecular weight is 257 g/mol. The fourth-order valence-corrected chi connectivity index (χ4v) is 2.07. The quantitative estimate of drug-likeness (QED) is 0.689. The van der Waals surface area contributed by atoms with Crippen LogP contribution < -0.4 is 4.90 Å². The van der Waals surface area contributed by atoms with Crippen molar-refractivity contribution in [2.45, 2.75) is 34.1 Å². The Bertz CT molecular complexity index is 441. The number of fused-ring (bicyclic) bond motifs is 1. The maximum absolute atomic E-state index is 3.86. The summed E-state index contributed by atoms with van der Waals surface area (Å²) in [6.07, 6.45) is 4.77. The van der Waals surface area contributed by atoms with Crippen LogP contribution in [0.5, 0.6) is 0 Å². The van der Waals surface area contributed by atoms with Crippen molar-refractivity contribution in [3.63, 3.8) is 0 Å². The third-order valence-corrected chi connectivity index (χ3v) is 2.86. The number of hydrogen-bond acceptors (Lipinski definition) is 1. The number of rotatable bonds is 2. The Balaban J connectivity index is 0.000000741. The molecule has 0 fully saturated rings. The van der Waals surface area contributed by atoms with Crippen LogP contribution in [0.25, 0.3) is 0 Å². The number of allylic oxidation sites excluding steroid dienone is 3. The zero-order chi connectivity index (χ0) is 14.8. The molecule has 0 aliphatic carbocycles. The van der Waals surface area contributed by atoms with Crippen LogP contribution in [0.3, 0.4) is 0 Å². The third-order valence-electron chi connectivity index (χ3n) is 2.86. The molecule has 1 aromatic carbocycles. The lowest BCUT2D eigenvalue weighted by atomic mass is 9.96. The van der Waals surface area contributed by atoms with E-state index in [4.69, 9.17) is 0 Å². The van der Waals surface area contributed by atoms with Crippen LogP contribution in [0.15, 0.2) is 60.8 Å². The molecule has 0 spiro atoms. The van der Waals surface area contributed by atoms with Crippen molar-refractivity contribution >= 4 is 5.69 Å². The van der Waals surface area contributed by atoms with Crippen molar-refractivity contribution in [1.29, 1.82) is 0 Å². The molecule has 0 aromatic heterocycles. The molecule has 1 heterocycles. The molecule has 0 atom stereocenters. The van der Waals surface area contributed by atoms with E-state index in [0.29, 0.717) is 0 Å². The smallest absolute Gasteiger partial charge is 0.0444 e. The number of anilines is 1.